The van der Waals surface area contributed by atoms with E-state index in [1.165, 1.54) is 24.3 Å². The van der Waals surface area contributed by atoms with Gasteiger partial charge in [-0.1, -0.05) is 28.6 Å². The number of hydrogen-bond acceptors (Lipinski definition) is 8. The maximum absolute atomic E-state index is 13.9. The summed E-state index contributed by atoms with van der Waals surface area (Å²) in [6.45, 7) is -1.25. The summed E-state index contributed by atoms with van der Waals surface area (Å²) in [6, 6.07) is 12.7. The number of carbonyl (C=O) groups excluding carboxylic acids is 1. The second kappa shape index (κ2) is 12.8. The Kier molecular flexibility index (Phi) is 8.80. The molecule has 0 saturated carbocycles. The number of aromatic nitrogens is 3. The molecule has 4 atom stereocenters. The van der Waals surface area contributed by atoms with Crippen LogP contribution in [0.1, 0.15) is 12.7 Å². The standard InChI is InChI=1S/C29H26F6N6O4S/c1-29(13-30,14-31)21-11-22(39-45-21)38-27(42)36-16-4-2-15(3-5-16)18-12-41-19-7-6-17(10-20(19)46-28(41)37-18)43-9-8-40-23(32)25(34)44-26(35)24(40)33/h2-7,10-12,23-26H,8-9,13-14H2,1H3,(H2,36,38,39,42). The van der Waals surface area contributed by atoms with Crippen molar-refractivity contribution in [3.05, 3.63) is 60.5 Å². The minimum absolute atomic E-state index is 0.00616. The molecule has 1 aliphatic rings. The number of urea groups is 1. The maximum atomic E-state index is 13.9. The molecule has 0 radical (unpaired) electrons. The van der Waals surface area contributed by atoms with E-state index < -0.39 is 56.6 Å². The third kappa shape index (κ3) is 6.21. The highest BCUT2D eigenvalue weighted by atomic mass is 32.1. The number of imidazole rings is 1. The minimum atomic E-state index is -2.59. The number of nitrogens with one attached hydrogen (secondary N) is 2. The van der Waals surface area contributed by atoms with Crippen molar-refractivity contribution in [3.63, 3.8) is 0 Å². The number of benzene rings is 2. The van der Waals surface area contributed by atoms with Crippen LogP contribution < -0.4 is 15.4 Å². The van der Waals surface area contributed by atoms with Crippen molar-refractivity contribution in [2.75, 3.05) is 37.1 Å². The molecule has 3 aromatic heterocycles. The van der Waals surface area contributed by atoms with Gasteiger partial charge in [0.2, 0.25) is 25.3 Å². The third-order valence-corrected chi connectivity index (χ3v) is 8.40. The summed E-state index contributed by atoms with van der Waals surface area (Å²) in [6.07, 6.45) is -8.24. The molecule has 5 aromatic rings. The van der Waals surface area contributed by atoms with Gasteiger partial charge in [0, 0.05) is 30.1 Å². The van der Waals surface area contributed by atoms with Gasteiger partial charge in [0.1, 0.15) is 31.5 Å². The predicted octanol–water partition coefficient (Wildman–Crippen LogP) is 6.94. The molecule has 2 N–H and O–H groups in total. The molecule has 17 heteroatoms. The molecule has 0 spiro atoms. The van der Waals surface area contributed by atoms with Crippen LogP contribution in [0.2, 0.25) is 0 Å². The van der Waals surface area contributed by atoms with Crippen molar-refractivity contribution in [2.24, 2.45) is 0 Å². The van der Waals surface area contributed by atoms with Crippen LogP contribution >= 0.6 is 11.3 Å². The van der Waals surface area contributed by atoms with Crippen molar-refractivity contribution >= 4 is 44.1 Å². The molecule has 2 amide bonds. The van der Waals surface area contributed by atoms with E-state index in [1.807, 2.05) is 10.6 Å². The van der Waals surface area contributed by atoms with Gasteiger partial charge in [-0.2, -0.15) is 0 Å². The highest BCUT2D eigenvalue weighted by Crippen LogP contribution is 2.33. The summed E-state index contributed by atoms with van der Waals surface area (Å²) in [4.78, 5) is 18.2. The highest BCUT2D eigenvalue weighted by molar-refractivity contribution is 7.23. The van der Waals surface area contributed by atoms with E-state index in [-0.39, 0.29) is 18.2 Å². The Labute approximate surface area is 260 Å². The summed E-state index contributed by atoms with van der Waals surface area (Å²) in [7, 11) is 0. The van der Waals surface area contributed by atoms with Crippen LogP contribution in [0.25, 0.3) is 26.4 Å². The Morgan fingerprint density at radius 2 is 1.74 bits per heavy atom. The summed E-state index contributed by atoms with van der Waals surface area (Å²) >= 11 is 1.38. The fraction of sp³-hybridized carbons (Fsp3) is 0.345. The van der Waals surface area contributed by atoms with E-state index in [1.54, 1.807) is 42.5 Å². The topological polar surface area (TPSA) is 106 Å². The largest absolute Gasteiger partial charge is 0.492 e. The highest BCUT2D eigenvalue weighted by Gasteiger charge is 2.45. The molecule has 0 bridgehead atoms. The molecule has 1 aliphatic heterocycles. The fourth-order valence-electron chi connectivity index (χ4n) is 4.71. The minimum Gasteiger partial charge on any atom is -0.492 e. The van der Waals surface area contributed by atoms with Crippen LogP contribution in [0.3, 0.4) is 0 Å². The van der Waals surface area contributed by atoms with Gasteiger partial charge in [0.25, 0.3) is 0 Å². The average Bonchev–Trinajstić information content (AvgIpc) is 3.77. The first-order chi connectivity index (χ1) is 22.1. The quantitative estimate of drug-likeness (QED) is 0.123. The first-order valence-electron chi connectivity index (χ1n) is 13.9. The number of nitrogens with zero attached hydrogens (tertiary/aromatic N) is 4. The lowest BCUT2D eigenvalue weighted by Crippen LogP contribution is -2.56. The SMILES string of the molecule is CC(CF)(CF)c1cc(NC(=O)Nc2ccc(-c3cn4c(n3)sc3cc(OCCN5C(F)C(F)OC(F)C5F)ccc34)cc2)no1. The number of morpholine rings is 1. The van der Waals surface area contributed by atoms with Gasteiger partial charge < -0.3 is 19.3 Å². The lowest BCUT2D eigenvalue weighted by molar-refractivity contribution is -0.292. The van der Waals surface area contributed by atoms with Crippen LogP contribution in [0.4, 0.5) is 42.6 Å². The molecule has 1 fully saturated rings. The summed E-state index contributed by atoms with van der Waals surface area (Å²) < 4.78 is 98.4. The van der Waals surface area contributed by atoms with Crippen molar-refractivity contribution in [3.8, 4) is 17.0 Å². The number of alkyl halides is 6. The summed E-state index contributed by atoms with van der Waals surface area (Å²) in [5, 5.41) is 8.75. The number of anilines is 2. The van der Waals surface area contributed by atoms with Crippen LogP contribution in [0, 0.1) is 0 Å². The predicted molar refractivity (Wildman–Crippen MR) is 157 cm³/mol. The van der Waals surface area contributed by atoms with Gasteiger partial charge in [-0.25, -0.2) is 41.0 Å². The van der Waals surface area contributed by atoms with Gasteiger partial charge >= 0.3 is 6.03 Å². The molecule has 6 rings (SSSR count). The van der Waals surface area contributed by atoms with E-state index in [2.05, 4.69) is 25.5 Å². The van der Waals surface area contributed by atoms with Gasteiger partial charge in [-0.05, 0) is 37.3 Å². The Morgan fingerprint density at radius 3 is 2.43 bits per heavy atom. The lowest BCUT2D eigenvalue weighted by Gasteiger charge is -2.36. The van der Waals surface area contributed by atoms with Crippen LogP contribution in [-0.4, -0.2) is 77.3 Å². The van der Waals surface area contributed by atoms with Gasteiger partial charge in [0.05, 0.1) is 21.3 Å². The average molecular weight is 669 g/mol. The van der Waals surface area contributed by atoms with Gasteiger partial charge in [-0.15, -0.1) is 0 Å². The zero-order chi connectivity index (χ0) is 32.6. The zero-order valence-electron chi connectivity index (χ0n) is 23.9. The third-order valence-electron chi connectivity index (χ3n) is 7.39. The number of hydrogen-bond donors (Lipinski definition) is 2. The van der Waals surface area contributed by atoms with Crippen LogP contribution in [0.5, 0.6) is 5.75 Å². The van der Waals surface area contributed by atoms with E-state index in [9.17, 15) is 31.1 Å². The summed E-state index contributed by atoms with van der Waals surface area (Å²) in [5.41, 5.74) is 1.27. The smallest absolute Gasteiger partial charge is 0.324 e. The Bertz CT molecular complexity index is 1820. The molecule has 0 aliphatic carbocycles. The first kappa shape index (κ1) is 31.6. The molecular weight excluding hydrogens is 642 g/mol. The van der Waals surface area contributed by atoms with Gasteiger partial charge in [0.15, 0.2) is 10.8 Å². The van der Waals surface area contributed by atoms with Crippen LogP contribution in [0.15, 0.2) is 59.3 Å². The van der Waals surface area contributed by atoms with E-state index in [4.69, 9.17) is 9.26 Å². The number of thiazole rings is 1. The Balaban J connectivity index is 1.07. The first-order valence-corrected chi connectivity index (χ1v) is 14.7. The normalized spacial score (nSPS) is 20.8. The van der Waals surface area contributed by atoms with Crippen molar-refractivity contribution in [1.29, 1.82) is 0 Å². The molecular formula is C29H26F6N6O4S. The molecule has 4 unspecified atom stereocenters. The van der Waals surface area contributed by atoms with Crippen molar-refractivity contribution in [2.45, 2.75) is 37.6 Å². The molecule has 2 aromatic carbocycles. The second-order valence-corrected chi connectivity index (χ2v) is 11.8. The Hall–Kier alpha value is -4.35. The summed E-state index contributed by atoms with van der Waals surface area (Å²) in [5.74, 6) is 0.385. The lowest BCUT2D eigenvalue weighted by atomic mass is 9.91. The number of carbonyl (C=O) groups is 1. The number of amides is 2. The second-order valence-electron chi connectivity index (χ2n) is 10.7. The number of rotatable bonds is 10. The van der Waals surface area contributed by atoms with Gasteiger partial charge in [-0.3, -0.25) is 9.72 Å². The van der Waals surface area contributed by atoms with E-state index in [0.717, 1.165) is 15.8 Å². The molecule has 1 saturated heterocycles. The van der Waals surface area contributed by atoms with Crippen molar-refractivity contribution < 1.29 is 45.1 Å². The Morgan fingerprint density at radius 1 is 1.02 bits per heavy atom. The molecule has 46 heavy (non-hydrogen) atoms. The molecule has 4 heterocycles. The molecule has 10 nitrogen and oxygen atoms in total. The number of halogens is 6. The number of ether oxygens (including phenoxy) is 2. The monoisotopic (exact) mass is 668 g/mol. The molecule has 244 valence electrons. The van der Waals surface area contributed by atoms with Crippen LogP contribution in [-0.2, 0) is 10.2 Å². The zero-order valence-corrected chi connectivity index (χ0v) is 24.7. The maximum Gasteiger partial charge on any atom is 0.324 e. The van der Waals surface area contributed by atoms with Crippen molar-refractivity contribution in [1.82, 2.24) is 19.4 Å². The number of fused-ring (bicyclic) bond motifs is 3. The fourth-order valence-corrected chi connectivity index (χ4v) is 5.74. The van der Waals surface area contributed by atoms with E-state index >= 15 is 0 Å². The van der Waals surface area contributed by atoms with E-state index in [0.29, 0.717) is 27.0 Å².